The zero-order valence-electron chi connectivity index (χ0n) is 11.1. The standard InChI is InChI=1S/C14H16N4O2/c19-14(16-7-5-13-17-9-18-20-13)12-3-1-2-10-8-15-6-4-11(10)12/h1-3,9,15H,4-8H2,(H,16,19). The van der Waals surface area contributed by atoms with E-state index in [0.29, 0.717) is 18.9 Å². The lowest BCUT2D eigenvalue weighted by molar-refractivity contribution is 0.0952. The highest BCUT2D eigenvalue weighted by Gasteiger charge is 2.16. The molecule has 0 saturated carbocycles. The minimum Gasteiger partial charge on any atom is -0.352 e. The van der Waals surface area contributed by atoms with Crippen molar-refractivity contribution in [3.05, 3.63) is 47.1 Å². The van der Waals surface area contributed by atoms with E-state index in [4.69, 9.17) is 4.52 Å². The number of nitrogens with zero attached hydrogens (tertiary/aromatic N) is 2. The number of amides is 1. The van der Waals surface area contributed by atoms with Crippen molar-refractivity contribution in [3.8, 4) is 0 Å². The quantitative estimate of drug-likeness (QED) is 0.856. The molecule has 20 heavy (non-hydrogen) atoms. The average molecular weight is 272 g/mol. The number of hydrogen-bond acceptors (Lipinski definition) is 5. The largest absolute Gasteiger partial charge is 0.352 e. The monoisotopic (exact) mass is 272 g/mol. The topological polar surface area (TPSA) is 80.1 Å². The van der Waals surface area contributed by atoms with E-state index in [1.165, 1.54) is 11.9 Å². The molecule has 2 aromatic rings. The summed E-state index contributed by atoms with van der Waals surface area (Å²) >= 11 is 0. The van der Waals surface area contributed by atoms with Gasteiger partial charge in [0.05, 0.1) is 0 Å². The second-order valence-corrected chi connectivity index (χ2v) is 4.71. The van der Waals surface area contributed by atoms with E-state index in [-0.39, 0.29) is 5.91 Å². The summed E-state index contributed by atoms with van der Waals surface area (Å²) in [5, 5.41) is 9.74. The first kappa shape index (κ1) is 12.8. The molecule has 0 unspecified atom stereocenters. The second-order valence-electron chi connectivity index (χ2n) is 4.71. The minimum atomic E-state index is -0.0386. The van der Waals surface area contributed by atoms with Crippen molar-refractivity contribution < 1.29 is 9.32 Å². The molecule has 6 heteroatoms. The van der Waals surface area contributed by atoms with Gasteiger partial charge in [-0.25, -0.2) is 0 Å². The Kier molecular flexibility index (Phi) is 3.73. The lowest BCUT2D eigenvalue weighted by Crippen LogP contribution is -2.30. The molecule has 0 bridgehead atoms. The maximum Gasteiger partial charge on any atom is 0.251 e. The van der Waals surface area contributed by atoms with E-state index in [0.717, 1.165) is 30.6 Å². The van der Waals surface area contributed by atoms with Crippen molar-refractivity contribution in [2.45, 2.75) is 19.4 Å². The van der Waals surface area contributed by atoms with Crippen LogP contribution in [-0.2, 0) is 19.4 Å². The Labute approximate surface area is 116 Å². The first-order chi connectivity index (χ1) is 9.84. The SMILES string of the molecule is O=C(NCCc1ncno1)c1cccc2c1CCNC2. The van der Waals surface area contributed by atoms with Crippen LogP contribution in [0.2, 0.25) is 0 Å². The molecular formula is C14H16N4O2. The Hall–Kier alpha value is -2.21. The van der Waals surface area contributed by atoms with Gasteiger partial charge in [-0.3, -0.25) is 4.79 Å². The fourth-order valence-electron chi connectivity index (χ4n) is 2.43. The third kappa shape index (κ3) is 2.70. The molecule has 0 radical (unpaired) electrons. The van der Waals surface area contributed by atoms with Crippen LogP contribution in [0.15, 0.2) is 29.0 Å². The Bertz CT molecular complexity index is 595. The van der Waals surface area contributed by atoms with Crippen molar-refractivity contribution in [2.75, 3.05) is 13.1 Å². The van der Waals surface area contributed by atoms with Crippen LogP contribution in [0, 0.1) is 0 Å². The molecule has 0 spiro atoms. The van der Waals surface area contributed by atoms with Crippen LogP contribution in [0.1, 0.15) is 27.4 Å². The molecule has 2 N–H and O–H groups in total. The van der Waals surface area contributed by atoms with Crippen molar-refractivity contribution in [2.24, 2.45) is 0 Å². The number of nitrogens with one attached hydrogen (secondary N) is 2. The summed E-state index contributed by atoms with van der Waals surface area (Å²) in [6.07, 6.45) is 2.79. The number of aromatic nitrogens is 2. The van der Waals surface area contributed by atoms with Crippen LogP contribution in [0.3, 0.4) is 0 Å². The first-order valence-electron chi connectivity index (χ1n) is 6.70. The van der Waals surface area contributed by atoms with Crippen LogP contribution in [0.25, 0.3) is 0 Å². The predicted octanol–water partition coefficient (Wildman–Crippen LogP) is 0.688. The molecule has 1 amide bonds. The molecule has 3 rings (SSSR count). The van der Waals surface area contributed by atoms with Crippen molar-refractivity contribution in [1.82, 2.24) is 20.8 Å². The number of carbonyl (C=O) groups excluding carboxylic acids is 1. The van der Waals surface area contributed by atoms with Gasteiger partial charge in [0.15, 0.2) is 6.33 Å². The predicted molar refractivity (Wildman–Crippen MR) is 72.2 cm³/mol. The van der Waals surface area contributed by atoms with Gasteiger partial charge in [-0.2, -0.15) is 4.98 Å². The molecule has 6 nitrogen and oxygen atoms in total. The molecule has 0 saturated heterocycles. The smallest absolute Gasteiger partial charge is 0.251 e. The molecule has 0 aliphatic carbocycles. The molecule has 0 fully saturated rings. The lowest BCUT2D eigenvalue weighted by Gasteiger charge is -2.19. The van der Waals surface area contributed by atoms with Gasteiger partial charge in [-0.15, -0.1) is 0 Å². The summed E-state index contributed by atoms with van der Waals surface area (Å²) in [6.45, 7) is 2.24. The molecule has 1 aliphatic rings. The van der Waals surface area contributed by atoms with Crippen LogP contribution >= 0.6 is 0 Å². The van der Waals surface area contributed by atoms with Gasteiger partial charge in [0.1, 0.15) is 0 Å². The highest BCUT2D eigenvalue weighted by Crippen LogP contribution is 2.18. The fourth-order valence-corrected chi connectivity index (χ4v) is 2.43. The average Bonchev–Trinajstić information content (AvgIpc) is 3.00. The Morgan fingerprint density at radius 1 is 1.45 bits per heavy atom. The lowest BCUT2D eigenvalue weighted by atomic mass is 9.95. The van der Waals surface area contributed by atoms with Gasteiger partial charge >= 0.3 is 0 Å². The summed E-state index contributed by atoms with van der Waals surface area (Å²) in [4.78, 5) is 16.2. The highest BCUT2D eigenvalue weighted by molar-refractivity contribution is 5.96. The van der Waals surface area contributed by atoms with Crippen molar-refractivity contribution in [1.29, 1.82) is 0 Å². The Balaban J connectivity index is 1.65. The van der Waals surface area contributed by atoms with Crippen LogP contribution in [-0.4, -0.2) is 29.1 Å². The van der Waals surface area contributed by atoms with Gasteiger partial charge in [0.25, 0.3) is 5.91 Å². The number of rotatable bonds is 4. The first-order valence-corrected chi connectivity index (χ1v) is 6.70. The normalized spacial score (nSPS) is 13.8. The molecule has 0 atom stereocenters. The molecule has 1 aromatic carbocycles. The summed E-state index contributed by atoms with van der Waals surface area (Å²) in [7, 11) is 0. The summed E-state index contributed by atoms with van der Waals surface area (Å²) in [5.74, 6) is 0.493. The number of fused-ring (bicyclic) bond motifs is 1. The fraction of sp³-hybridized carbons (Fsp3) is 0.357. The summed E-state index contributed by atoms with van der Waals surface area (Å²) in [5.41, 5.74) is 3.14. The van der Waals surface area contributed by atoms with Crippen molar-refractivity contribution >= 4 is 5.91 Å². The van der Waals surface area contributed by atoms with E-state index in [1.54, 1.807) is 0 Å². The third-order valence-electron chi connectivity index (χ3n) is 3.42. The number of benzene rings is 1. The number of hydrogen-bond donors (Lipinski definition) is 2. The maximum atomic E-state index is 12.2. The van der Waals surface area contributed by atoms with E-state index < -0.39 is 0 Å². The van der Waals surface area contributed by atoms with Crippen molar-refractivity contribution in [3.63, 3.8) is 0 Å². The molecule has 104 valence electrons. The van der Waals surface area contributed by atoms with E-state index >= 15 is 0 Å². The molecular weight excluding hydrogens is 256 g/mol. The Morgan fingerprint density at radius 3 is 3.25 bits per heavy atom. The maximum absolute atomic E-state index is 12.2. The van der Waals surface area contributed by atoms with Gasteiger partial charge < -0.3 is 15.2 Å². The van der Waals surface area contributed by atoms with E-state index in [1.807, 2.05) is 12.1 Å². The third-order valence-corrected chi connectivity index (χ3v) is 3.42. The second kappa shape index (κ2) is 5.83. The van der Waals surface area contributed by atoms with Gasteiger partial charge in [-0.1, -0.05) is 17.3 Å². The van der Waals surface area contributed by atoms with Crippen LogP contribution < -0.4 is 10.6 Å². The van der Waals surface area contributed by atoms with Crippen LogP contribution in [0.5, 0.6) is 0 Å². The minimum absolute atomic E-state index is 0.0386. The summed E-state index contributed by atoms with van der Waals surface area (Å²) < 4.78 is 4.89. The summed E-state index contributed by atoms with van der Waals surface area (Å²) in [6, 6.07) is 5.88. The zero-order valence-corrected chi connectivity index (χ0v) is 11.1. The number of carbonyl (C=O) groups is 1. The van der Waals surface area contributed by atoms with E-state index in [9.17, 15) is 4.79 Å². The molecule has 2 heterocycles. The van der Waals surface area contributed by atoms with E-state index in [2.05, 4.69) is 26.8 Å². The van der Waals surface area contributed by atoms with Gasteiger partial charge in [0, 0.05) is 25.1 Å². The highest BCUT2D eigenvalue weighted by atomic mass is 16.5. The zero-order chi connectivity index (χ0) is 13.8. The van der Waals surface area contributed by atoms with Crippen LogP contribution in [0.4, 0.5) is 0 Å². The van der Waals surface area contributed by atoms with Gasteiger partial charge in [0.2, 0.25) is 5.89 Å². The Morgan fingerprint density at radius 2 is 2.40 bits per heavy atom. The molecule has 1 aromatic heterocycles. The van der Waals surface area contributed by atoms with Gasteiger partial charge in [-0.05, 0) is 30.2 Å². The molecule has 1 aliphatic heterocycles.